The van der Waals surface area contributed by atoms with Crippen molar-refractivity contribution in [1.82, 2.24) is 0 Å². The van der Waals surface area contributed by atoms with Crippen molar-refractivity contribution >= 4 is 10.1 Å². The van der Waals surface area contributed by atoms with Crippen molar-refractivity contribution in [2.75, 3.05) is 6.61 Å². The molecule has 0 heterocycles. The molecule has 0 atom stereocenters. The SMILES string of the molecule is CCOc1cc(C)cc(OS(=O)(=O)c2cccc(C)c2)c1. The third-order valence-electron chi connectivity index (χ3n) is 2.82. The number of rotatable bonds is 5. The third-order valence-corrected chi connectivity index (χ3v) is 4.06. The zero-order chi connectivity index (χ0) is 15.5. The van der Waals surface area contributed by atoms with E-state index in [1.165, 1.54) is 6.07 Å². The molecule has 0 radical (unpaired) electrons. The zero-order valence-electron chi connectivity index (χ0n) is 12.3. The van der Waals surface area contributed by atoms with Gasteiger partial charge in [-0.1, -0.05) is 12.1 Å². The monoisotopic (exact) mass is 306 g/mol. The molecule has 0 N–H and O–H groups in total. The maximum Gasteiger partial charge on any atom is 0.339 e. The molecule has 0 aliphatic carbocycles. The summed E-state index contributed by atoms with van der Waals surface area (Å²) in [6.07, 6.45) is 0. The molecule has 0 aliphatic heterocycles. The van der Waals surface area contributed by atoms with Gasteiger partial charge in [-0.3, -0.25) is 0 Å². The second kappa shape index (κ2) is 6.18. The molecule has 0 unspecified atom stereocenters. The first kappa shape index (κ1) is 15.4. The van der Waals surface area contributed by atoms with Gasteiger partial charge in [-0.2, -0.15) is 8.42 Å². The van der Waals surface area contributed by atoms with Crippen LogP contribution in [0, 0.1) is 13.8 Å². The minimum absolute atomic E-state index is 0.141. The van der Waals surface area contributed by atoms with Crippen LogP contribution in [-0.4, -0.2) is 15.0 Å². The quantitative estimate of drug-likeness (QED) is 0.794. The van der Waals surface area contributed by atoms with E-state index in [4.69, 9.17) is 8.92 Å². The van der Waals surface area contributed by atoms with Gasteiger partial charge >= 0.3 is 10.1 Å². The number of hydrogen-bond acceptors (Lipinski definition) is 4. The lowest BCUT2D eigenvalue weighted by Gasteiger charge is -2.10. The molecule has 0 aliphatic rings. The van der Waals surface area contributed by atoms with E-state index in [9.17, 15) is 8.42 Å². The van der Waals surface area contributed by atoms with Gasteiger partial charge in [0.1, 0.15) is 16.4 Å². The molecular weight excluding hydrogens is 288 g/mol. The number of hydrogen-bond donors (Lipinski definition) is 0. The first-order valence-corrected chi connectivity index (χ1v) is 8.07. The summed E-state index contributed by atoms with van der Waals surface area (Å²) >= 11 is 0. The molecule has 0 spiro atoms. The second-order valence-corrected chi connectivity index (χ2v) is 6.32. The predicted molar refractivity (Wildman–Crippen MR) is 81.3 cm³/mol. The largest absolute Gasteiger partial charge is 0.494 e. The van der Waals surface area contributed by atoms with Gasteiger partial charge in [0.05, 0.1) is 6.61 Å². The zero-order valence-corrected chi connectivity index (χ0v) is 13.1. The van der Waals surface area contributed by atoms with Crippen LogP contribution in [0.3, 0.4) is 0 Å². The summed E-state index contributed by atoms with van der Waals surface area (Å²) in [6.45, 7) is 6.06. The smallest absolute Gasteiger partial charge is 0.339 e. The molecule has 21 heavy (non-hydrogen) atoms. The summed E-state index contributed by atoms with van der Waals surface area (Å²) in [7, 11) is -3.84. The van der Waals surface area contributed by atoms with Crippen LogP contribution in [0.2, 0.25) is 0 Å². The van der Waals surface area contributed by atoms with E-state index >= 15 is 0 Å². The molecular formula is C16H18O4S. The Bertz CT molecular complexity index is 736. The second-order valence-electron chi connectivity index (χ2n) is 4.77. The highest BCUT2D eigenvalue weighted by Crippen LogP contribution is 2.25. The summed E-state index contributed by atoms with van der Waals surface area (Å²) in [6, 6.07) is 11.7. The van der Waals surface area contributed by atoms with Gasteiger partial charge < -0.3 is 8.92 Å². The van der Waals surface area contributed by atoms with Gasteiger partial charge in [-0.25, -0.2) is 0 Å². The molecule has 5 heteroatoms. The van der Waals surface area contributed by atoms with Gasteiger partial charge in [-0.15, -0.1) is 0 Å². The average Bonchev–Trinajstić information content (AvgIpc) is 2.37. The Morgan fingerprint density at radius 3 is 2.33 bits per heavy atom. The topological polar surface area (TPSA) is 52.6 Å². The molecule has 2 aromatic carbocycles. The standard InChI is InChI=1S/C16H18O4S/c1-4-19-14-8-13(3)9-15(11-14)20-21(17,18)16-7-5-6-12(2)10-16/h5-11H,4H2,1-3H3. The van der Waals surface area contributed by atoms with Gasteiger partial charge in [0.15, 0.2) is 0 Å². The maximum atomic E-state index is 12.3. The lowest BCUT2D eigenvalue weighted by atomic mass is 10.2. The van der Waals surface area contributed by atoms with Crippen LogP contribution in [-0.2, 0) is 10.1 Å². The fraction of sp³-hybridized carbons (Fsp3) is 0.250. The molecule has 2 rings (SSSR count). The van der Waals surface area contributed by atoms with Crippen LogP contribution in [0.1, 0.15) is 18.1 Å². The summed E-state index contributed by atoms with van der Waals surface area (Å²) in [5, 5.41) is 0. The van der Waals surface area contributed by atoms with Crippen molar-refractivity contribution in [3.8, 4) is 11.5 Å². The minimum Gasteiger partial charge on any atom is -0.494 e. The Balaban J connectivity index is 2.32. The van der Waals surface area contributed by atoms with Crippen LogP contribution in [0.25, 0.3) is 0 Å². The molecule has 2 aromatic rings. The van der Waals surface area contributed by atoms with E-state index in [0.717, 1.165) is 11.1 Å². The Morgan fingerprint density at radius 1 is 0.952 bits per heavy atom. The minimum atomic E-state index is -3.84. The molecule has 0 bridgehead atoms. The molecule has 0 amide bonds. The Kier molecular flexibility index (Phi) is 4.53. The Morgan fingerprint density at radius 2 is 1.67 bits per heavy atom. The molecule has 0 saturated carbocycles. The van der Waals surface area contributed by atoms with Crippen LogP contribution in [0.4, 0.5) is 0 Å². The fourth-order valence-corrected chi connectivity index (χ4v) is 2.98. The van der Waals surface area contributed by atoms with E-state index in [1.54, 1.807) is 24.3 Å². The van der Waals surface area contributed by atoms with Crippen LogP contribution < -0.4 is 8.92 Å². The molecule has 0 fully saturated rings. The van der Waals surface area contributed by atoms with Crippen molar-refractivity contribution < 1.29 is 17.3 Å². The predicted octanol–water partition coefficient (Wildman–Crippen LogP) is 3.47. The molecule has 0 aromatic heterocycles. The number of aryl methyl sites for hydroxylation is 2. The first-order chi connectivity index (χ1) is 9.90. The van der Waals surface area contributed by atoms with Gasteiger partial charge in [0.25, 0.3) is 0 Å². The van der Waals surface area contributed by atoms with Crippen LogP contribution in [0.15, 0.2) is 47.4 Å². The summed E-state index contributed by atoms with van der Waals surface area (Å²) in [4.78, 5) is 0.141. The summed E-state index contributed by atoms with van der Waals surface area (Å²) in [5.41, 5.74) is 1.73. The normalized spacial score (nSPS) is 11.2. The molecule has 0 saturated heterocycles. The highest BCUT2D eigenvalue weighted by molar-refractivity contribution is 7.87. The van der Waals surface area contributed by atoms with Crippen molar-refractivity contribution in [3.05, 3.63) is 53.6 Å². The average molecular weight is 306 g/mol. The van der Waals surface area contributed by atoms with E-state index in [-0.39, 0.29) is 10.6 Å². The van der Waals surface area contributed by atoms with Crippen molar-refractivity contribution in [2.24, 2.45) is 0 Å². The van der Waals surface area contributed by atoms with E-state index in [0.29, 0.717) is 12.4 Å². The van der Waals surface area contributed by atoms with Crippen molar-refractivity contribution in [2.45, 2.75) is 25.7 Å². The van der Waals surface area contributed by atoms with E-state index in [1.807, 2.05) is 32.9 Å². The summed E-state index contributed by atoms with van der Waals surface area (Å²) < 4.78 is 35.1. The van der Waals surface area contributed by atoms with Crippen LogP contribution >= 0.6 is 0 Å². The number of ether oxygens (including phenoxy) is 1. The maximum absolute atomic E-state index is 12.3. The highest BCUT2D eigenvalue weighted by Gasteiger charge is 2.17. The van der Waals surface area contributed by atoms with Crippen molar-refractivity contribution in [1.29, 1.82) is 0 Å². The number of benzene rings is 2. The lowest BCUT2D eigenvalue weighted by molar-refractivity contribution is 0.338. The van der Waals surface area contributed by atoms with E-state index < -0.39 is 10.1 Å². The van der Waals surface area contributed by atoms with Gasteiger partial charge in [0.2, 0.25) is 0 Å². The van der Waals surface area contributed by atoms with Crippen LogP contribution in [0.5, 0.6) is 11.5 Å². The first-order valence-electron chi connectivity index (χ1n) is 6.66. The Hall–Kier alpha value is -2.01. The van der Waals surface area contributed by atoms with Gasteiger partial charge in [0, 0.05) is 6.07 Å². The third kappa shape index (κ3) is 3.98. The molecule has 112 valence electrons. The summed E-state index contributed by atoms with van der Waals surface area (Å²) in [5.74, 6) is 0.840. The van der Waals surface area contributed by atoms with Crippen molar-refractivity contribution in [3.63, 3.8) is 0 Å². The fourth-order valence-electron chi connectivity index (χ4n) is 1.96. The van der Waals surface area contributed by atoms with E-state index in [2.05, 4.69) is 0 Å². The molecule has 4 nitrogen and oxygen atoms in total. The van der Waals surface area contributed by atoms with Gasteiger partial charge in [-0.05, 0) is 56.2 Å². The Labute approximate surface area is 125 Å². The highest BCUT2D eigenvalue weighted by atomic mass is 32.2. The lowest BCUT2D eigenvalue weighted by Crippen LogP contribution is -2.10.